The molecule has 1 aromatic carbocycles. The lowest BCUT2D eigenvalue weighted by atomic mass is 9.85. The van der Waals surface area contributed by atoms with Crippen molar-refractivity contribution in [3.8, 4) is 0 Å². The Hall–Kier alpha value is -1.31. The number of nitrogens with two attached hydrogens (primary N) is 1. The van der Waals surface area contributed by atoms with Crippen molar-refractivity contribution in [3.05, 3.63) is 29.8 Å². The third-order valence-electron chi connectivity index (χ3n) is 3.54. The number of benzene rings is 1. The van der Waals surface area contributed by atoms with Crippen LogP contribution in [0.2, 0.25) is 0 Å². The molecule has 1 aliphatic carbocycles. The molecular weight excluding hydrogens is 391 g/mol. The third kappa shape index (κ3) is 5.82. The molecule has 0 radical (unpaired) electrons. The Kier molecular flexibility index (Phi) is 7.64. The molecule has 4 N–H and O–H groups in total. The highest BCUT2D eigenvalue weighted by Crippen LogP contribution is 2.27. The number of guanidine groups is 1. The number of anilines is 1. The van der Waals surface area contributed by atoms with Gasteiger partial charge in [0.15, 0.2) is 5.96 Å². The van der Waals surface area contributed by atoms with Crippen molar-refractivity contribution in [1.82, 2.24) is 5.32 Å². The van der Waals surface area contributed by atoms with Gasteiger partial charge in [-0.05, 0) is 44.4 Å². The number of amides is 1. The fourth-order valence-electron chi connectivity index (χ4n) is 2.18. The second kappa shape index (κ2) is 8.97. The number of halogens is 1. The summed E-state index contributed by atoms with van der Waals surface area (Å²) in [5.74, 6) is 0.759. The monoisotopic (exact) mass is 416 g/mol. The quantitative estimate of drug-likeness (QED) is 0.392. The first-order valence-electron chi connectivity index (χ1n) is 7.51. The molecule has 6 heteroatoms. The molecule has 1 saturated carbocycles. The zero-order valence-electron chi connectivity index (χ0n) is 13.1. The summed E-state index contributed by atoms with van der Waals surface area (Å²) >= 11 is 0. The predicted molar refractivity (Wildman–Crippen MR) is 101 cm³/mol. The van der Waals surface area contributed by atoms with Crippen LogP contribution in [0.3, 0.4) is 0 Å². The molecule has 2 rings (SSSR count). The minimum Gasteiger partial charge on any atom is -0.370 e. The summed E-state index contributed by atoms with van der Waals surface area (Å²) in [5, 5.41) is 6.02. The van der Waals surface area contributed by atoms with Crippen LogP contribution in [0.15, 0.2) is 29.3 Å². The molecule has 1 amide bonds. The van der Waals surface area contributed by atoms with Crippen LogP contribution < -0.4 is 16.4 Å². The van der Waals surface area contributed by atoms with Crippen LogP contribution in [0.4, 0.5) is 5.69 Å². The van der Waals surface area contributed by atoms with Gasteiger partial charge in [0.25, 0.3) is 0 Å². The van der Waals surface area contributed by atoms with E-state index in [0.29, 0.717) is 12.5 Å². The maximum Gasteiger partial charge on any atom is 0.227 e. The molecule has 0 unspecified atom stereocenters. The van der Waals surface area contributed by atoms with Crippen LogP contribution in [-0.4, -0.2) is 17.9 Å². The number of nitrogens with one attached hydrogen (secondary N) is 2. The lowest BCUT2D eigenvalue weighted by Gasteiger charge is -2.24. The van der Waals surface area contributed by atoms with E-state index in [-0.39, 0.29) is 41.8 Å². The molecule has 0 heterocycles. The number of rotatable bonds is 5. The first kappa shape index (κ1) is 18.7. The average Bonchev–Trinajstić information content (AvgIpc) is 2.33. The Morgan fingerprint density at radius 1 is 1.41 bits per heavy atom. The standard InChI is InChI=1S/C16H24N4O.HI/c1-11(2)19-16(17)18-10-12-5-3-8-14(9-12)20-15(21)13-6-4-7-13;/h3,5,8-9,11,13H,4,6-7,10H2,1-2H3,(H,20,21)(H3,17,18,19);1H. The first-order chi connectivity index (χ1) is 10.0. The van der Waals surface area contributed by atoms with Crippen molar-refractivity contribution in [2.24, 2.45) is 16.6 Å². The molecular formula is C16H25IN4O. The highest BCUT2D eigenvalue weighted by molar-refractivity contribution is 14.0. The molecule has 122 valence electrons. The van der Waals surface area contributed by atoms with Gasteiger partial charge in [-0.15, -0.1) is 24.0 Å². The number of aliphatic imine (C=N–C) groups is 1. The molecule has 0 saturated heterocycles. The number of carbonyl (C=O) groups excluding carboxylic acids is 1. The largest absolute Gasteiger partial charge is 0.370 e. The molecule has 0 spiro atoms. The van der Waals surface area contributed by atoms with E-state index in [2.05, 4.69) is 15.6 Å². The summed E-state index contributed by atoms with van der Waals surface area (Å²) < 4.78 is 0. The average molecular weight is 416 g/mol. The SMILES string of the molecule is CC(C)NC(N)=NCc1cccc(NC(=O)C2CCC2)c1.I. The molecule has 0 aliphatic heterocycles. The van der Waals surface area contributed by atoms with E-state index in [4.69, 9.17) is 5.73 Å². The maximum atomic E-state index is 11.9. The van der Waals surface area contributed by atoms with E-state index in [1.807, 2.05) is 38.1 Å². The smallest absolute Gasteiger partial charge is 0.227 e. The van der Waals surface area contributed by atoms with Gasteiger partial charge in [-0.1, -0.05) is 18.6 Å². The number of nitrogens with zero attached hydrogens (tertiary/aromatic N) is 1. The number of hydrogen-bond donors (Lipinski definition) is 3. The highest BCUT2D eigenvalue weighted by Gasteiger charge is 2.25. The molecule has 5 nitrogen and oxygen atoms in total. The van der Waals surface area contributed by atoms with E-state index >= 15 is 0 Å². The van der Waals surface area contributed by atoms with Gasteiger partial charge in [-0.2, -0.15) is 0 Å². The first-order valence-corrected chi connectivity index (χ1v) is 7.51. The summed E-state index contributed by atoms with van der Waals surface area (Å²) in [6.07, 6.45) is 3.18. The normalized spacial score (nSPS) is 15.0. The highest BCUT2D eigenvalue weighted by atomic mass is 127. The Labute approximate surface area is 149 Å². The van der Waals surface area contributed by atoms with Gasteiger partial charge in [0.05, 0.1) is 6.54 Å². The second-order valence-electron chi connectivity index (χ2n) is 5.82. The van der Waals surface area contributed by atoms with Gasteiger partial charge in [0, 0.05) is 17.6 Å². The molecule has 1 fully saturated rings. The molecule has 0 aromatic heterocycles. The lowest BCUT2D eigenvalue weighted by molar-refractivity contribution is -0.122. The number of hydrogen-bond acceptors (Lipinski definition) is 2. The van der Waals surface area contributed by atoms with Crippen molar-refractivity contribution >= 4 is 41.5 Å². The molecule has 1 aromatic rings. The van der Waals surface area contributed by atoms with Crippen molar-refractivity contribution in [2.45, 2.75) is 45.7 Å². The predicted octanol–water partition coefficient (Wildman–Crippen LogP) is 2.86. The van der Waals surface area contributed by atoms with Crippen LogP contribution in [0.1, 0.15) is 38.7 Å². The topological polar surface area (TPSA) is 79.5 Å². The van der Waals surface area contributed by atoms with Gasteiger partial charge in [0.2, 0.25) is 5.91 Å². The van der Waals surface area contributed by atoms with E-state index in [9.17, 15) is 4.79 Å². The van der Waals surface area contributed by atoms with Gasteiger partial charge >= 0.3 is 0 Å². The fourth-order valence-corrected chi connectivity index (χ4v) is 2.18. The van der Waals surface area contributed by atoms with Crippen molar-refractivity contribution in [3.63, 3.8) is 0 Å². The zero-order valence-corrected chi connectivity index (χ0v) is 15.5. The Bertz CT molecular complexity index is 527. The zero-order chi connectivity index (χ0) is 15.2. The van der Waals surface area contributed by atoms with Crippen molar-refractivity contribution < 1.29 is 4.79 Å². The van der Waals surface area contributed by atoms with E-state index < -0.39 is 0 Å². The lowest BCUT2D eigenvalue weighted by Crippen LogP contribution is -2.36. The van der Waals surface area contributed by atoms with E-state index in [1.165, 1.54) is 0 Å². The molecule has 22 heavy (non-hydrogen) atoms. The van der Waals surface area contributed by atoms with Crippen LogP contribution in [0.5, 0.6) is 0 Å². The summed E-state index contributed by atoms with van der Waals surface area (Å²) in [6.45, 7) is 4.52. The van der Waals surface area contributed by atoms with Gasteiger partial charge in [-0.25, -0.2) is 4.99 Å². The van der Waals surface area contributed by atoms with Gasteiger partial charge in [-0.3, -0.25) is 4.79 Å². The maximum absolute atomic E-state index is 11.9. The van der Waals surface area contributed by atoms with Crippen LogP contribution >= 0.6 is 24.0 Å². The minimum absolute atomic E-state index is 0. The molecule has 0 atom stereocenters. The fraction of sp³-hybridized carbons (Fsp3) is 0.500. The number of carbonyl (C=O) groups is 1. The van der Waals surface area contributed by atoms with Crippen molar-refractivity contribution in [2.75, 3.05) is 5.32 Å². The van der Waals surface area contributed by atoms with Gasteiger partial charge in [0.1, 0.15) is 0 Å². The summed E-state index contributed by atoms with van der Waals surface area (Å²) in [7, 11) is 0. The van der Waals surface area contributed by atoms with E-state index in [1.54, 1.807) is 0 Å². The van der Waals surface area contributed by atoms with Crippen LogP contribution in [-0.2, 0) is 11.3 Å². The second-order valence-corrected chi connectivity index (χ2v) is 5.82. The van der Waals surface area contributed by atoms with E-state index in [0.717, 1.165) is 30.5 Å². The van der Waals surface area contributed by atoms with Crippen LogP contribution in [0.25, 0.3) is 0 Å². The summed E-state index contributed by atoms with van der Waals surface area (Å²) in [6, 6.07) is 8.02. The summed E-state index contributed by atoms with van der Waals surface area (Å²) in [5.41, 5.74) is 7.63. The Balaban J connectivity index is 0.00000242. The summed E-state index contributed by atoms with van der Waals surface area (Å²) in [4.78, 5) is 16.2. The minimum atomic E-state index is 0. The Morgan fingerprint density at radius 3 is 2.73 bits per heavy atom. The van der Waals surface area contributed by atoms with Crippen molar-refractivity contribution in [1.29, 1.82) is 0 Å². The third-order valence-corrected chi connectivity index (χ3v) is 3.54. The Morgan fingerprint density at radius 2 is 2.14 bits per heavy atom. The van der Waals surface area contributed by atoms with Gasteiger partial charge < -0.3 is 16.4 Å². The molecule has 0 bridgehead atoms. The van der Waals surface area contributed by atoms with Crippen LogP contribution in [0, 0.1) is 5.92 Å². The molecule has 1 aliphatic rings.